The zero-order chi connectivity index (χ0) is 42.2. The standard InChI is InChI=1S/C60H48N2/c1-41-13-5-11-19-59(41)61(53-29-25-47(26-30-53)51-23-21-45-15-7-9-17-49(45)39-51)55-33-35-57(43(3)37-55)58-36-34-56(38-44(58)4)62(60-20-12-6-14-42(60)2)54-31-27-48(28-32-54)52-24-22-46-16-8-10-18-50(46)40-52/h5-40H,1-4H3. The van der Waals surface area contributed by atoms with Gasteiger partial charge in [-0.2, -0.15) is 0 Å². The molecule has 0 unspecified atom stereocenters. The Hall–Kier alpha value is -7.68. The Morgan fingerprint density at radius 3 is 0.968 bits per heavy atom. The molecule has 0 amide bonds. The molecule has 0 heterocycles. The third-order valence-corrected chi connectivity index (χ3v) is 12.4. The molecule has 10 aromatic rings. The van der Waals surface area contributed by atoms with E-state index in [9.17, 15) is 0 Å². The van der Waals surface area contributed by atoms with Crippen molar-refractivity contribution in [2.75, 3.05) is 9.80 Å². The van der Waals surface area contributed by atoms with Crippen LogP contribution in [0.5, 0.6) is 0 Å². The van der Waals surface area contributed by atoms with Crippen LogP contribution in [0.1, 0.15) is 22.3 Å². The summed E-state index contributed by atoms with van der Waals surface area (Å²) in [5, 5.41) is 5.02. The van der Waals surface area contributed by atoms with Crippen LogP contribution in [-0.2, 0) is 0 Å². The summed E-state index contributed by atoms with van der Waals surface area (Å²) < 4.78 is 0. The van der Waals surface area contributed by atoms with Gasteiger partial charge in [0.25, 0.3) is 0 Å². The molecule has 0 aromatic heterocycles. The van der Waals surface area contributed by atoms with Crippen LogP contribution < -0.4 is 9.80 Å². The van der Waals surface area contributed by atoms with E-state index in [0.717, 1.165) is 22.7 Å². The lowest BCUT2D eigenvalue weighted by Gasteiger charge is -2.29. The fourth-order valence-corrected chi connectivity index (χ4v) is 9.01. The first-order valence-corrected chi connectivity index (χ1v) is 21.5. The van der Waals surface area contributed by atoms with Crippen molar-refractivity contribution in [2.45, 2.75) is 27.7 Å². The molecule has 0 fully saturated rings. The van der Waals surface area contributed by atoms with Gasteiger partial charge in [-0.05, 0) is 178 Å². The Kier molecular flexibility index (Phi) is 10.2. The number of benzene rings is 10. The molecule has 0 saturated carbocycles. The number of hydrogen-bond donors (Lipinski definition) is 0. The third-order valence-electron chi connectivity index (χ3n) is 12.4. The highest BCUT2D eigenvalue weighted by molar-refractivity contribution is 5.90. The van der Waals surface area contributed by atoms with E-state index in [1.165, 1.54) is 88.6 Å². The molecule has 0 radical (unpaired) electrons. The molecular weight excluding hydrogens is 749 g/mol. The minimum absolute atomic E-state index is 1.12. The Labute approximate surface area is 365 Å². The van der Waals surface area contributed by atoms with Crippen LogP contribution in [-0.4, -0.2) is 0 Å². The van der Waals surface area contributed by atoms with Crippen molar-refractivity contribution in [3.05, 3.63) is 241 Å². The van der Waals surface area contributed by atoms with Gasteiger partial charge < -0.3 is 9.80 Å². The predicted molar refractivity (Wildman–Crippen MR) is 266 cm³/mol. The molecule has 0 aliphatic heterocycles. The summed E-state index contributed by atoms with van der Waals surface area (Å²) in [6.45, 7) is 8.86. The van der Waals surface area contributed by atoms with E-state index in [4.69, 9.17) is 0 Å². The average molecular weight is 797 g/mol. The first-order chi connectivity index (χ1) is 30.4. The van der Waals surface area contributed by atoms with E-state index in [1.807, 2.05) is 0 Å². The molecule has 0 spiro atoms. The first kappa shape index (κ1) is 38.5. The van der Waals surface area contributed by atoms with Crippen molar-refractivity contribution >= 4 is 55.7 Å². The lowest BCUT2D eigenvalue weighted by atomic mass is 9.94. The molecule has 0 N–H and O–H groups in total. The van der Waals surface area contributed by atoms with Gasteiger partial charge in [0.1, 0.15) is 0 Å². The van der Waals surface area contributed by atoms with Crippen LogP contribution in [0.25, 0.3) is 54.9 Å². The van der Waals surface area contributed by atoms with Gasteiger partial charge in [0.2, 0.25) is 0 Å². The van der Waals surface area contributed by atoms with Crippen molar-refractivity contribution in [3.8, 4) is 33.4 Å². The molecule has 0 aliphatic carbocycles. The number of nitrogens with zero attached hydrogens (tertiary/aromatic N) is 2. The van der Waals surface area contributed by atoms with Gasteiger partial charge in [0.05, 0.1) is 0 Å². The molecule has 0 bridgehead atoms. The van der Waals surface area contributed by atoms with Gasteiger partial charge in [-0.3, -0.25) is 0 Å². The van der Waals surface area contributed by atoms with Gasteiger partial charge >= 0.3 is 0 Å². The van der Waals surface area contributed by atoms with E-state index < -0.39 is 0 Å². The Balaban J connectivity index is 0.977. The number of anilines is 6. The van der Waals surface area contributed by atoms with Gasteiger partial charge in [-0.15, -0.1) is 0 Å². The number of aryl methyl sites for hydroxylation is 4. The van der Waals surface area contributed by atoms with Crippen LogP contribution in [0.15, 0.2) is 218 Å². The minimum Gasteiger partial charge on any atom is -0.310 e. The van der Waals surface area contributed by atoms with Crippen LogP contribution in [0.3, 0.4) is 0 Å². The SMILES string of the molecule is Cc1cc(N(c2ccc(-c3ccc4ccccc4c3)cc2)c2ccccc2C)ccc1-c1ccc(N(c2ccc(-c3ccc4ccccc4c3)cc2)c2ccccc2C)cc1C. The first-order valence-electron chi connectivity index (χ1n) is 21.5. The van der Waals surface area contributed by atoms with Gasteiger partial charge in [-0.25, -0.2) is 0 Å². The Morgan fingerprint density at radius 2 is 0.581 bits per heavy atom. The summed E-state index contributed by atoms with van der Waals surface area (Å²) in [5.74, 6) is 0. The van der Waals surface area contributed by atoms with Crippen molar-refractivity contribution in [1.82, 2.24) is 0 Å². The highest BCUT2D eigenvalue weighted by Gasteiger charge is 2.19. The number of para-hydroxylation sites is 2. The number of fused-ring (bicyclic) bond motifs is 2. The molecule has 2 nitrogen and oxygen atoms in total. The van der Waals surface area contributed by atoms with Crippen LogP contribution in [0.2, 0.25) is 0 Å². The monoisotopic (exact) mass is 796 g/mol. The summed E-state index contributed by atoms with van der Waals surface area (Å²) in [6.07, 6.45) is 0. The normalized spacial score (nSPS) is 11.2. The third kappa shape index (κ3) is 7.42. The lowest BCUT2D eigenvalue weighted by Crippen LogP contribution is -2.12. The number of hydrogen-bond acceptors (Lipinski definition) is 2. The average Bonchev–Trinajstić information content (AvgIpc) is 3.31. The second kappa shape index (κ2) is 16.4. The molecule has 2 heteroatoms. The largest absolute Gasteiger partial charge is 0.310 e. The summed E-state index contributed by atoms with van der Waals surface area (Å²) in [5.41, 5.74) is 19.0. The fraction of sp³-hybridized carbons (Fsp3) is 0.0667. The molecule has 10 rings (SSSR count). The molecule has 0 saturated heterocycles. The molecule has 62 heavy (non-hydrogen) atoms. The maximum Gasteiger partial charge on any atom is 0.0490 e. The van der Waals surface area contributed by atoms with E-state index in [0.29, 0.717) is 0 Å². The zero-order valence-electron chi connectivity index (χ0n) is 35.7. The summed E-state index contributed by atoms with van der Waals surface area (Å²) >= 11 is 0. The second-order valence-electron chi connectivity index (χ2n) is 16.5. The maximum atomic E-state index is 2.39. The Bertz CT molecular complexity index is 3010. The van der Waals surface area contributed by atoms with Crippen molar-refractivity contribution in [1.29, 1.82) is 0 Å². The van der Waals surface area contributed by atoms with E-state index in [1.54, 1.807) is 0 Å². The smallest absolute Gasteiger partial charge is 0.0490 e. The zero-order valence-corrected chi connectivity index (χ0v) is 35.7. The molecule has 10 aromatic carbocycles. The highest BCUT2D eigenvalue weighted by atomic mass is 15.1. The highest BCUT2D eigenvalue weighted by Crippen LogP contribution is 2.42. The maximum absolute atomic E-state index is 2.39. The Morgan fingerprint density at radius 1 is 0.242 bits per heavy atom. The van der Waals surface area contributed by atoms with E-state index >= 15 is 0 Å². The molecular formula is C60H48N2. The van der Waals surface area contributed by atoms with Crippen molar-refractivity contribution < 1.29 is 0 Å². The summed E-state index contributed by atoms with van der Waals surface area (Å²) in [7, 11) is 0. The lowest BCUT2D eigenvalue weighted by molar-refractivity contribution is 1.23. The fourth-order valence-electron chi connectivity index (χ4n) is 9.01. The summed E-state index contributed by atoms with van der Waals surface area (Å²) in [6, 6.07) is 79.6. The van der Waals surface area contributed by atoms with Gasteiger partial charge in [-0.1, -0.05) is 146 Å². The van der Waals surface area contributed by atoms with Crippen LogP contribution in [0.4, 0.5) is 34.1 Å². The van der Waals surface area contributed by atoms with Crippen molar-refractivity contribution in [2.24, 2.45) is 0 Å². The molecule has 0 atom stereocenters. The number of rotatable bonds is 9. The predicted octanol–water partition coefficient (Wildman–Crippen LogP) is 17.2. The molecule has 298 valence electrons. The minimum atomic E-state index is 1.12. The summed E-state index contributed by atoms with van der Waals surface area (Å²) in [4.78, 5) is 4.77. The van der Waals surface area contributed by atoms with E-state index in [-0.39, 0.29) is 0 Å². The quantitative estimate of drug-likeness (QED) is 0.144. The van der Waals surface area contributed by atoms with Gasteiger partial charge in [0.15, 0.2) is 0 Å². The van der Waals surface area contributed by atoms with Crippen molar-refractivity contribution in [3.63, 3.8) is 0 Å². The topological polar surface area (TPSA) is 6.48 Å². The second-order valence-corrected chi connectivity index (χ2v) is 16.5. The van der Waals surface area contributed by atoms with E-state index in [2.05, 4.69) is 256 Å². The van der Waals surface area contributed by atoms with Crippen LogP contribution in [0, 0.1) is 27.7 Å². The molecule has 0 aliphatic rings. The van der Waals surface area contributed by atoms with Gasteiger partial charge in [0, 0.05) is 34.1 Å². The van der Waals surface area contributed by atoms with Crippen LogP contribution >= 0.6 is 0 Å².